The fraction of sp³-hybridized carbons (Fsp3) is 0.300. The van der Waals surface area contributed by atoms with Crippen molar-refractivity contribution in [3.8, 4) is 0 Å². The van der Waals surface area contributed by atoms with Crippen LogP contribution in [0, 0.1) is 10.1 Å². The van der Waals surface area contributed by atoms with Crippen LogP contribution in [0.2, 0.25) is 5.02 Å². The van der Waals surface area contributed by atoms with Gasteiger partial charge in [-0.25, -0.2) is 4.79 Å². The van der Waals surface area contributed by atoms with Crippen molar-refractivity contribution >= 4 is 29.2 Å². The predicted octanol–water partition coefficient (Wildman–Crippen LogP) is 4.10. The van der Waals surface area contributed by atoms with E-state index < -0.39 is 28.6 Å². The number of nitro benzene ring substituents is 1. The van der Waals surface area contributed by atoms with Crippen molar-refractivity contribution in [2.24, 2.45) is 0 Å². The van der Waals surface area contributed by atoms with E-state index in [1.807, 2.05) is 37.3 Å². The van der Waals surface area contributed by atoms with Crippen LogP contribution in [0.25, 0.3) is 0 Å². The minimum atomic E-state index is -1.05. The summed E-state index contributed by atoms with van der Waals surface area (Å²) in [4.78, 5) is 34.7. The van der Waals surface area contributed by atoms with Gasteiger partial charge in [-0.1, -0.05) is 48.9 Å². The third kappa shape index (κ3) is 5.53. The lowest BCUT2D eigenvalue weighted by atomic mass is 9.96. The van der Waals surface area contributed by atoms with E-state index in [2.05, 4.69) is 5.32 Å². The van der Waals surface area contributed by atoms with Crippen LogP contribution in [-0.4, -0.2) is 29.4 Å². The second-order valence-corrected chi connectivity index (χ2v) is 6.64. The zero-order chi connectivity index (χ0) is 20.7. The SMILES string of the molecule is CC[C@@H](CNC(=O)[C@@H](C)OC(=O)c1ccc(Cl)c([N+](=O)[O-])c1)c1ccccc1. The third-order valence-corrected chi connectivity index (χ3v) is 4.64. The van der Waals surface area contributed by atoms with E-state index in [-0.39, 0.29) is 16.5 Å². The molecule has 0 heterocycles. The van der Waals surface area contributed by atoms with Gasteiger partial charge in [-0.05, 0) is 31.0 Å². The van der Waals surface area contributed by atoms with Crippen LogP contribution in [0.1, 0.15) is 42.1 Å². The number of carbonyl (C=O) groups is 2. The summed E-state index contributed by atoms with van der Waals surface area (Å²) in [6, 6.07) is 13.4. The maximum atomic E-state index is 12.3. The molecule has 0 bridgehead atoms. The van der Waals surface area contributed by atoms with Crippen molar-refractivity contribution in [3.05, 3.63) is 74.8 Å². The Morgan fingerprint density at radius 2 is 1.89 bits per heavy atom. The summed E-state index contributed by atoms with van der Waals surface area (Å²) >= 11 is 5.73. The number of hydrogen-bond acceptors (Lipinski definition) is 5. The van der Waals surface area contributed by atoms with Gasteiger partial charge < -0.3 is 10.1 Å². The molecule has 0 fully saturated rings. The highest BCUT2D eigenvalue weighted by atomic mass is 35.5. The van der Waals surface area contributed by atoms with Crippen molar-refractivity contribution in [1.82, 2.24) is 5.32 Å². The number of ether oxygens (including phenoxy) is 1. The van der Waals surface area contributed by atoms with E-state index in [4.69, 9.17) is 16.3 Å². The average Bonchev–Trinajstić information content (AvgIpc) is 2.69. The number of halogens is 1. The Kier molecular flexibility index (Phi) is 7.52. The first kappa shape index (κ1) is 21.4. The van der Waals surface area contributed by atoms with Gasteiger partial charge in [0.25, 0.3) is 11.6 Å². The highest BCUT2D eigenvalue weighted by molar-refractivity contribution is 6.32. The van der Waals surface area contributed by atoms with Gasteiger partial charge in [-0.15, -0.1) is 0 Å². The van der Waals surface area contributed by atoms with Gasteiger partial charge in [0, 0.05) is 18.5 Å². The first-order valence-electron chi connectivity index (χ1n) is 8.81. The first-order valence-corrected chi connectivity index (χ1v) is 9.18. The molecule has 0 saturated heterocycles. The molecule has 28 heavy (non-hydrogen) atoms. The summed E-state index contributed by atoms with van der Waals surface area (Å²) in [6.07, 6.45) is -0.206. The van der Waals surface area contributed by atoms with E-state index >= 15 is 0 Å². The molecule has 0 aliphatic heterocycles. The predicted molar refractivity (Wildman–Crippen MR) is 105 cm³/mol. The second kappa shape index (κ2) is 9.85. The highest BCUT2D eigenvalue weighted by Gasteiger charge is 2.22. The molecule has 8 heteroatoms. The summed E-state index contributed by atoms with van der Waals surface area (Å²) in [5.74, 6) is -1.13. The Morgan fingerprint density at radius 3 is 2.50 bits per heavy atom. The monoisotopic (exact) mass is 404 g/mol. The molecule has 148 valence electrons. The standard InChI is InChI=1S/C20H21ClN2O5/c1-3-14(15-7-5-4-6-8-15)12-22-19(24)13(2)28-20(25)16-9-10-17(21)18(11-16)23(26)27/h4-11,13-14H,3,12H2,1-2H3,(H,22,24)/t13-,14+/m1/s1. The van der Waals surface area contributed by atoms with Gasteiger partial charge in [-0.2, -0.15) is 0 Å². The summed E-state index contributed by atoms with van der Waals surface area (Å²) < 4.78 is 5.13. The lowest BCUT2D eigenvalue weighted by molar-refractivity contribution is -0.384. The molecule has 0 aliphatic rings. The summed E-state index contributed by atoms with van der Waals surface area (Å²) in [5, 5.41) is 13.6. The van der Waals surface area contributed by atoms with Crippen LogP contribution in [-0.2, 0) is 9.53 Å². The third-order valence-electron chi connectivity index (χ3n) is 4.32. The number of esters is 1. The van der Waals surface area contributed by atoms with Crippen LogP contribution in [0.5, 0.6) is 0 Å². The van der Waals surface area contributed by atoms with Crippen molar-refractivity contribution in [2.45, 2.75) is 32.3 Å². The molecular weight excluding hydrogens is 384 g/mol. The molecule has 0 spiro atoms. The number of amides is 1. The molecule has 7 nitrogen and oxygen atoms in total. The van der Waals surface area contributed by atoms with E-state index in [1.54, 1.807) is 0 Å². The molecule has 2 aromatic rings. The fourth-order valence-corrected chi connectivity index (χ4v) is 2.84. The lowest BCUT2D eigenvalue weighted by Crippen LogP contribution is -2.38. The summed E-state index contributed by atoms with van der Waals surface area (Å²) in [7, 11) is 0. The Hall–Kier alpha value is -2.93. The van der Waals surface area contributed by atoms with Gasteiger partial charge in [0.2, 0.25) is 0 Å². The molecule has 1 N–H and O–H groups in total. The second-order valence-electron chi connectivity index (χ2n) is 6.23. The molecule has 0 aliphatic carbocycles. The van der Waals surface area contributed by atoms with Crippen molar-refractivity contribution in [2.75, 3.05) is 6.54 Å². The zero-order valence-electron chi connectivity index (χ0n) is 15.6. The molecule has 1 amide bonds. The van der Waals surface area contributed by atoms with E-state index in [1.165, 1.54) is 19.1 Å². The molecule has 2 aromatic carbocycles. The number of carbonyl (C=O) groups excluding carboxylic acids is 2. The summed E-state index contributed by atoms with van der Waals surface area (Å²) in [5.41, 5.74) is 0.664. The highest BCUT2D eigenvalue weighted by Crippen LogP contribution is 2.25. The van der Waals surface area contributed by atoms with Gasteiger partial charge in [0.05, 0.1) is 10.5 Å². The first-order chi connectivity index (χ1) is 13.3. The van der Waals surface area contributed by atoms with E-state index in [0.717, 1.165) is 18.1 Å². The Labute approximate surface area is 167 Å². The van der Waals surface area contributed by atoms with Gasteiger partial charge >= 0.3 is 5.97 Å². The number of rotatable bonds is 8. The Morgan fingerprint density at radius 1 is 1.21 bits per heavy atom. The molecular formula is C20H21ClN2O5. The number of nitrogens with one attached hydrogen (secondary N) is 1. The summed E-state index contributed by atoms with van der Waals surface area (Å²) in [6.45, 7) is 3.88. The average molecular weight is 405 g/mol. The van der Waals surface area contributed by atoms with Crippen LogP contribution in [0.3, 0.4) is 0 Å². The number of nitrogens with zero attached hydrogens (tertiary/aromatic N) is 1. The van der Waals surface area contributed by atoms with Gasteiger partial charge in [0.1, 0.15) is 5.02 Å². The molecule has 2 rings (SSSR count). The van der Waals surface area contributed by atoms with Gasteiger partial charge in [-0.3, -0.25) is 14.9 Å². The maximum absolute atomic E-state index is 12.3. The normalized spacial score (nSPS) is 12.7. The molecule has 0 radical (unpaired) electrons. The van der Waals surface area contributed by atoms with Crippen molar-refractivity contribution in [3.63, 3.8) is 0 Å². The Bertz CT molecular complexity index is 857. The quantitative estimate of drug-likeness (QED) is 0.405. The number of nitro groups is 1. The number of hydrogen-bond donors (Lipinski definition) is 1. The van der Waals surface area contributed by atoms with Crippen molar-refractivity contribution < 1.29 is 19.2 Å². The maximum Gasteiger partial charge on any atom is 0.339 e. The number of benzene rings is 2. The Balaban J connectivity index is 1.95. The van der Waals surface area contributed by atoms with E-state index in [0.29, 0.717) is 6.54 Å². The van der Waals surface area contributed by atoms with Crippen LogP contribution < -0.4 is 5.32 Å². The van der Waals surface area contributed by atoms with Crippen LogP contribution >= 0.6 is 11.6 Å². The van der Waals surface area contributed by atoms with Crippen LogP contribution in [0.15, 0.2) is 48.5 Å². The van der Waals surface area contributed by atoms with Crippen molar-refractivity contribution in [1.29, 1.82) is 0 Å². The smallest absolute Gasteiger partial charge is 0.339 e. The molecule has 0 saturated carbocycles. The largest absolute Gasteiger partial charge is 0.449 e. The molecule has 2 atom stereocenters. The minimum absolute atomic E-state index is 0.0496. The van der Waals surface area contributed by atoms with Crippen LogP contribution in [0.4, 0.5) is 5.69 Å². The molecule has 0 unspecified atom stereocenters. The lowest BCUT2D eigenvalue weighted by Gasteiger charge is -2.18. The van der Waals surface area contributed by atoms with Gasteiger partial charge in [0.15, 0.2) is 6.10 Å². The fourth-order valence-electron chi connectivity index (χ4n) is 2.65. The zero-order valence-corrected chi connectivity index (χ0v) is 16.3. The topological polar surface area (TPSA) is 98.5 Å². The minimum Gasteiger partial charge on any atom is -0.449 e. The van der Waals surface area contributed by atoms with E-state index in [9.17, 15) is 19.7 Å². The molecule has 0 aromatic heterocycles.